The number of nitrogens with one attached hydrogen (secondary N) is 3. The van der Waals surface area contributed by atoms with Gasteiger partial charge in [-0.15, -0.1) is 0 Å². The monoisotopic (exact) mass is 215 g/mol. The van der Waals surface area contributed by atoms with Gasteiger partial charge in [0.25, 0.3) is 0 Å². The van der Waals surface area contributed by atoms with Gasteiger partial charge in [0, 0.05) is 32.7 Å². The summed E-state index contributed by atoms with van der Waals surface area (Å²) >= 11 is 0. The lowest BCUT2D eigenvalue weighted by molar-refractivity contribution is -0.109. The lowest BCUT2D eigenvalue weighted by Gasteiger charge is -2.11. The van der Waals surface area contributed by atoms with Crippen molar-refractivity contribution in [1.82, 2.24) is 16.0 Å². The Labute approximate surface area is 93.2 Å². The van der Waals surface area contributed by atoms with Gasteiger partial charge in [-0.3, -0.25) is 4.79 Å². The minimum absolute atomic E-state index is 0.756. The van der Waals surface area contributed by atoms with Crippen molar-refractivity contribution < 1.29 is 4.79 Å². The maximum atomic E-state index is 9.73. The van der Waals surface area contributed by atoms with E-state index in [0.717, 1.165) is 45.6 Å². The summed E-state index contributed by atoms with van der Waals surface area (Å²) in [5.41, 5.74) is 0. The highest BCUT2D eigenvalue weighted by Crippen LogP contribution is 1.96. The molecule has 0 saturated carbocycles. The highest BCUT2D eigenvalue weighted by molar-refractivity contribution is 5.45. The van der Waals surface area contributed by atoms with E-state index in [9.17, 15) is 4.79 Å². The summed E-state index contributed by atoms with van der Waals surface area (Å²) in [5, 5.41) is 9.07. The molecular formula is C11H25N3O. The zero-order valence-electron chi connectivity index (χ0n) is 9.85. The predicted molar refractivity (Wildman–Crippen MR) is 63.9 cm³/mol. The molecule has 1 aliphatic heterocycles. The van der Waals surface area contributed by atoms with Crippen LogP contribution in [0.4, 0.5) is 0 Å². The van der Waals surface area contributed by atoms with E-state index in [1.165, 1.54) is 19.3 Å². The molecular weight excluding hydrogens is 190 g/mol. The van der Waals surface area contributed by atoms with Gasteiger partial charge in [0.2, 0.25) is 6.41 Å². The van der Waals surface area contributed by atoms with Crippen LogP contribution in [0, 0.1) is 0 Å². The number of hydrogen-bond acceptors (Lipinski definition) is 3. The Kier molecular flexibility index (Phi) is 12.8. The molecule has 1 aliphatic rings. The second kappa shape index (κ2) is 13.4. The van der Waals surface area contributed by atoms with E-state index in [1.54, 1.807) is 0 Å². The first-order valence-electron chi connectivity index (χ1n) is 6.00. The second-order valence-corrected chi connectivity index (χ2v) is 3.63. The summed E-state index contributed by atoms with van der Waals surface area (Å²) in [6, 6.07) is 0. The van der Waals surface area contributed by atoms with Gasteiger partial charge in [-0.25, -0.2) is 0 Å². The van der Waals surface area contributed by atoms with E-state index in [1.807, 2.05) is 0 Å². The number of rotatable bonds is 6. The number of carbonyl (C=O) groups excluding carboxylic acids is 1. The molecule has 1 amide bonds. The normalized spacial score (nSPS) is 15.0. The van der Waals surface area contributed by atoms with E-state index < -0.39 is 0 Å². The zero-order chi connectivity index (χ0) is 11.2. The van der Waals surface area contributed by atoms with Crippen LogP contribution in [0.25, 0.3) is 0 Å². The molecule has 4 nitrogen and oxygen atoms in total. The van der Waals surface area contributed by atoms with Crippen LogP contribution in [-0.2, 0) is 4.79 Å². The Morgan fingerprint density at radius 2 is 1.67 bits per heavy atom. The number of hydrogen-bond donors (Lipinski definition) is 3. The average molecular weight is 215 g/mol. The Morgan fingerprint density at radius 1 is 1.07 bits per heavy atom. The third kappa shape index (κ3) is 13.4. The predicted octanol–water partition coefficient (Wildman–Crippen LogP) is 0.492. The molecule has 0 bridgehead atoms. The van der Waals surface area contributed by atoms with Crippen LogP contribution in [-0.4, -0.2) is 39.1 Å². The van der Waals surface area contributed by atoms with Gasteiger partial charge < -0.3 is 16.0 Å². The molecule has 15 heavy (non-hydrogen) atoms. The highest BCUT2D eigenvalue weighted by Gasteiger charge is 1.91. The first kappa shape index (κ1) is 14.4. The summed E-state index contributed by atoms with van der Waals surface area (Å²) in [5.74, 6) is 0. The maximum absolute atomic E-state index is 9.73. The summed E-state index contributed by atoms with van der Waals surface area (Å²) in [7, 11) is 0. The van der Waals surface area contributed by atoms with Crippen LogP contribution in [0.15, 0.2) is 0 Å². The van der Waals surface area contributed by atoms with Gasteiger partial charge in [-0.05, 0) is 6.42 Å². The van der Waals surface area contributed by atoms with Gasteiger partial charge >= 0.3 is 0 Å². The van der Waals surface area contributed by atoms with Crippen LogP contribution in [0.3, 0.4) is 0 Å². The second-order valence-electron chi connectivity index (χ2n) is 3.63. The van der Waals surface area contributed by atoms with Gasteiger partial charge in [-0.1, -0.05) is 26.2 Å². The molecule has 0 aromatic rings. The molecule has 3 N–H and O–H groups in total. The minimum atomic E-state index is 0.756. The van der Waals surface area contributed by atoms with E-state index in [-0.39, 0.29) is 0 Å². The number of unbranched alkanes of at least 4 members (excludes halogenated alkanes) is 3. The molecule has 90 valence electrons. The topological polar surface area (TPSA) is 53.2 Å². The fourth-order valence-electron chi connectivity index (χ4n) is 1.32. The van der Waals surface area contributed by atoms with E-state index in [0.29, 0.717) is 0 Å². The number of amides is 1. The largest absolute Gasteiger partial charge is 0.359 e. The van der Waals surface area contributed by atoms with Gasteiger partial charge in [0.1, 0.15) is 0 Å². The van der Waals surface area contributed by atoms with Crippen LogP contribution >= 0.6 is 0 Å². The molecule has 1 fully saturated rings. The van der Waals surface area contributed by atoms with Crippen molar-refractivity contribution in [2.24, 2.45) is 0 Å². The van der Waals surface area contributed by atoms with Crippen molar-refractivity contribution >= 4 is 6.41 Å². The van der Waals surface area contributed by atoms with Crippen molar-refractivity contribution in [2.45, 2.75) is 32.6 Å². The van der Waals surface area contributed by atoms with Crippen molar-refractivity contribution in [2.75, 3.05) is 32.7 Å². The number of piperazine rings is 1. The summed E-state index contributed by atoms with van der Waals surface area (Å²) < 4.78 is 0. The van der Waals surface area contributed by atoms with Crippen LogP contribution in [0.2, 0.25) is 0 Å². The summed E-state index contributed by atoms with van der Waals surface area (Å²) in [6.45, 7) is 7.57. The lowest BCUT2D eigenvalue weighted by atomic mass is 10.2. The molecule has 0 aromatic carbocycles. The standard InChI is InChI=1S/C7H15NO.C4H10N2/c1-2-3-4-5-6-8-7-9;1-2-6-4-3-5-1/h7H,2-6H2,1H3,(H,8,9);5-6H,1-4H2. The molecule has 0 aliphatic carbocycles. The Morgan fingerprint density at radius 3 is 2.07 bits per heavy atom. The van der Waals surface area contributed by atoms with E-state index in [2.05, 4.69) is 22.9 Å². The molecule has 0 aromatic heterocycles. The Balaban J connectivity index is 0.000000280. The van der Waals surface area contributed by atoms with Gasteiger partial charge in [0.05, 0.1) is 0 Å². The van der Waals surface area contributed by atoms with E-state index in [4.69, 9.17) is 0 Å². The molecule has 1 heterocycles. The third-order valence-corrected chi connectivity index (χ3v) is 2.22. The fourth-order valence-corrected chi connectivity index (χ4v) is 1.32. The van der Waals surface area contributed by atoms with E-state index >= 15 is 0 Å². The van der Waals surface area contributed by atoms with Crippen molar-refractivity contribution in [3.63, 3.8) is 0 Å². The van der Waals surface area contributed by atoms with Crippen LogP contribution in [0.5, 0.6) is 0 Å². The quantitative estimate of drug-likeness (QED) is 0.446. The first-order valence-corrected chi connectivity index (χ1v) is 6.00. The minimum Gasteiger partial charge on any atom is -0.359 e. The summed E-state index contributed by atoms with van der Waals surface area (Å²) in [6.07, 6.45) is 5.64. The molecule has 4 heteroatoms. The zero-order valence-corrected chi connectivity index (χ0v) is 9.85. The molecule has 0 atom stereocenters. The van der Waals surface area contributed by atoms with Gasteiger partial charge in [0.15, 0.2) is 0 Å². The lowest BCUT2D eigenvalue weighted by Crippen LogP contribution is -2.39. The molecule has 1 rings (SSSR count). The Hall–Kier alpha value is -0.610. The van der Waals surface area contributed by atoms with Crippen molar-refractivity contribution in [1.29, 1.82) is 0 Å². The maximum Gasteiger partial charge on any atom is 0.207 e. The molecule has 1 saturated heterocycles. The SMILES string of the molecule is C1CNCCN1.CCCCCCNC=O. The van der Waals surface area contributed by atoms with Gasteiger partial charge in [-0.2, -0.15) is 0 Å². The van der Waals surface area contributed by atoms with Crippen molar-refractivity contribution in [3.8, 4) is 0 Å². The molecule has 0 radical (unpaired) electrons. The fraction of sp³-hybridized carbons (Fsp3) is 0.909. The smallest absolute Gasteiger partial charge is 0.207 e. The highest BCUT2D eigenvalue weighted by atomic mass is 16.1. The van der Waals surface area contributed by atoms with Crippen molar-refractivity contribution in [3.05, 3.63) is 0 Å². The molecule has 0 spiro atoms. The summed E-state index contributed by atoms with van der Waals surface area (Å²) in [4.78, 5) is 9.73. The first-order chi connectivity index (χ1) is 7.41. The average Bonchev–Trinajstić information content (AvgIpc) is 2.32. The Bertz CT molecular complexity index is 115. The van der Waals surface area contributed by atoms with Crippen LogP contribution < -0.4 is 16.0 Å². The number of carbonyl (C=O) groups is 1. The van der Waals surface area contributed by atoms with Crippen LogP contribution in [0.1, 0.15) is 32.6 Å². The molecule has 0 unspecified atom stereocenters. The third-order valence-electron chi connectivity index (χ3n) is 2.22.